The summed E-state index contributed by atoms with van der Waals surface area (Å²) in [4.78, 5) is 27.0. The van der Waals surface area contributed by atoms with Gasteiger partial charge in [-0.25, -0.2) is 4.79 Å². The number of carbonyl (C=O) groups is 2. The van der Waals surface area contributed by atoms with Crippen LogP contribution in [0.5, 0.6) is 0 Å². The highest BCUT2D eigenvalue weighted by atomic mass is 16.2. The lowest BCUT2D eigenvalue weighted by atomic mass is 10.00. The minimum absolute atomic E-state index is 0.0581. The summed E-state index contributed by atoms with van der Waals surface area (Å²) in [7, 11) is 0. The van der Waals surface area contributed by atoms with Crippen LogP contribution < -0.4 is 0 Å². The van der Waals surface area contributed by atoms with Crippen molar-refractivity contribution in [3.8, 4) is 0 Å². The highest BCUT2D eigenvalue weighted by Gasteiger charge is 2.41. The molecule has 1 atom stereocenters. The van der Waals surface area contributed by atoms with E-state index in [1.807, 2.05) is 34.6 Å². The van der Waals surface area contributed by atoms with E-state index >= 15 is 0 Å². The molecule has 4 heteroatoms. The first-order valence-electron chi connectivity index (χ1n) is 5.42. The number of urea groups is 1. The first-order chi connectivity index (χ1) is 6.79. The Morgan fingerprint density at radius 2 is 1.87 bits per heavy atom. The molecule has 0 aliphatic carbocycles. The fraction of sp³-hybridized carbons (Fsp3) is 0.818. The monoisotopic (exact) mass is 212 g/mol. The van der Waals surface area contributed by atoms with Gasteiger partial charge in [-0.05, 0) is 27.7 Å². The van der Waals surface area contributed by atoms with Crippen LogP contribution in [0, 0.1) is 5.92 Å². The van der Waals surface area contributed by atoms with Crippen LogP contribution in [-0.4, -0.2) is 40.4 Å². The molecular formula is C11H20N2O2. The van der Waals surface area contributed by atoms with Crippen LogP contribution >= 0.6 is 0 Å². The predicted molar refractivity (Wildman–Crippen MR) is 58.4 cm³/mol. The first kappa shape index (κ1) is 12.0. The average Bonchev–Trinajstić information content (AvgIpc) is 2.09. The van der Waals surface area contributed by atoms with Crippen LogP contribution in [0.1, 0.15) is 34.6 Å². The molecule has 0 bridgehead atoms. The number of imide groups is 1. The van der Waals surface area contributed by atoms with Gasteiger partial charge in [-0.3, -0.25) is 9.69 Å². The summed E-state index contributed by atoms with van der Waals surface area (Å²) in [5.74, 6) is -0.154. The van der Waals surface area contributed by atoms with E-state index in [4.69, 9.17) is 0 Å². The maximum absolute atomic E-state index is 12.0. The number of hydrogen-bond acceptors (Lipinski definition) is 2. The highest BCUT2D eigenvalue weighted by molar-refractivity contribution is 5.98. The van der Waals surface area contributed by atoms with Crippen molar-refractivity contribution in [2.75, 3.05) is 13.1 Å². The Kier molecular flexibility index (Phi) is 3.07. The standard InChI is InChI=1S/C11H20N2O2/c1-6-12-7-8(2)9(14)13(10(12)15)11(3,4)5/h8H,6-7H2,1-5H3. The zero-order chi connectivity index (χ0) is 11.8. The molecule has 1 aliphatic rings. The van der Waals surface area contributed by atoms with E-state index in [2.05, 4.69) is 0 Å². The van der Waals surface area contributed by atoms with Gasteiger partial charge in [0.05, 0.1) is 5.92 Å². The molecule has 1 rings (SSSR count). The lowest BCUT2D eigenvalue weighted by Crippen LogP contribution is -2.61. The zero-order valence-corrected chi connectivity index (χ0v) is 10.2. The van der Waals surface area contributed by atoms with Crippen molar-refractivity contribution in [3.05, 3.63) is 0 Å². The van der Waals surface area contributed by atoms with Gasteiger partial charge < -0.3 is 4.90 Å². The van der Waals surface area contributed by atoms with Gasteiger partial charge in [-0.15, -0.1) is 0 Å². The van der Waals surface area contributed by atoms with Gasteiger partial charge in [0.15, 0.2) is 0 Å². The molecule has 1 unspecified atom stereocenters. The summed E-state index contributed by atoms with van der Waals surface area (Å²) in [6, 6.07) is -0.159. The van der Waals surface area contributed by atoms with Crippen molar-refractivity contribution in [2.45, 2.75) is 40.2 Å². The molecule has 15 heavy (non-hydrogen) atoms. The fourth-order valence-electron chi connectivity index (χ4n) is 1.82. The maximum Gasteiger partial charge on any atom is 0.327 e. The molecule has 0 spiro atoms. The molecule has 0 radical (unpaired) electrons. The second-order valence-electron chi connectivity index (χ2n) is 5.07. The fourth-order valence-corrected chi connectivity index (χ4v) is 1.82. The topological polar surface area (TPSA) is 40.6 Å². The van der Waals surface area contributed by atoms with Crippen LogP contribution in [0.25, 0.3) is 0 Å². The van der Waals surface area contributed by atoms with Gasteiger partial charge in [0.25, 0.3) is 0 Å². The number of rotatable bonds is 1. The van der Waals surface area contributed by atoms with Crippen LogP contribution in [0.4, 0.5) is 4.79 Å². The molecular weight excluding hydrogens is 192 g/mol. The van der Waals surface area contributed by atoms with Gasteiger partial charge in [-0.1, -0.05) is 6.92 Å². The van der Waals surface area contributed by atoms with Crippen LogP contribution in [-0.2, 0) is 4.79 Å². The first-order valence-corrected chi connectivity index (χ1v) is 5.42. The Labute approximate surface area is 91.2 Å². The molecule has 0 aromatic carbocycles. The van der Waals surface area contributed by atoms with E-state index < -0.39 is 5.54 Å². The number of nitrogens with zero attached hydrogens (tertiary/aromatic N) is 2. The second kappa shape index (κ2) is 3.83. The van der Waals surface area contributed by atoms with Gasteiger partial charge in [0, 0.05) is 18.6 Å². The minimum atomic E-state index is -0.434. The molecule has 0 N–H and O–H groups in total. The molecule has 3 amide bonds. The lowest BCUT2D eigenvalue weighted by Gasteiger charge is -2.43. The number of amides is 3. The molecule has 1 fully saturated rings. The van der Waals surface area contributed by atoms with Crippen molar-refractivity contribution in [1.29, 1.82) is 0 Å². The van der Waals surface area contributed by atoms with Crippen LogP contribution in [0.2, 0.25) is 0 Å². The summed E-state index contributed by atoms with van der Waals surface area (Å²) >= 11 is 0. The maximum atomic E-state index is 12.0. The lowest BCUT2D eigenvalue weighted by molar-refractivity contribution is -0.139. The molecule has 1 aliphatic heterocycles. The van der Waals surface area contributed by atoms with Gasteiger partial charge in [0.2, 0.25) is 5.91 Å². The molecule has 1 saturated heterocycles. The molecule has 0 saturated carbocycles. The summed E-state index contributed by atoms with van der Waals surface area (Å²) < 4.78 is 0. The van der Waals surface area contributed by atoms with E-state index in [9.17, 15) is 9.59 Å². The van der Waals surface area contributed by atoms with E-state index in [1.54, 1.807) is 4.90 Å². The van der Waals surface area contributed by atoms with Gasteiger partial charge in [0.1, 0.15) is 0 Å². The van der Waals surface area contributed by atoms with Crippen molar-refractivity contribution in [3.63, 3.8) is 0 Å². The number of hydrogen-bond donors (Lipinski definition) is 0. The summed E-state index contributed by atoms with van der Waals surface area (Å²) in [6.45, 7) is 10.7. The van der Waals surface area contributed by atoms with E-state index in [0.29, 0.717) is 13.1 Å². The molecule has 0 aromatic rings. The minimum Gasteiger partial charge on any atom is -0.324 e. The Bertz CT molecular complexity index is 281. The Balaban J connectivity index is 3.00. The number of carbonyl (C=O) groups excluding carboxylic acids is 2. The normalized spacial score (nSPS) is 23.7. The molecule has 4 nitrogen and oxygen atoms in total. The SMILES string of the molecule is CCN1CC(C)C(=O)N(C(C)(C)C)C1=O. The molecule has 0 aromatic heterocycles. The third-order valence-corrected chi connectivity index (χ3v) is 2.65. The van der Waals surface area contributed by atoms with E-state index in [1.165, 1.54) is 4.90 Å². The Hall–Kier alpha value is -1.06. The van der Waals surface area contributed by atoms with Gasteiger partial charge in [-0.2, -0.15) is 0 Å². The van der Waals surface area contributed by atoms with E-state index in [-0.39, 0.29) is 17.9 Å². The second-order valence-corrected chi connectivity index (χ2v) is 5.07. The Morgan fingerprint density at radius 1 is 1.33 bits per heavy atom. The molecule has 86 valence electrons. The average molecular weight is 212 g/mol. The van der Waals surface area contributed by atoms with Gasteiger partial charge >= 0.3 is 6.03 Å². The third kappa shape index (κ3) is 2.13. The third-order valence-electron chi connectivity index (χ3n) is 2.65. The van der Waals surface area contributed by atoms with Crippen molar-refractivity contribution in [1.82, 2.24) is 9.80 Å². The summed E-state index contributed by atoms with van der Waals surface area (Å²) in [6.07, 6.45) is 0. The van der Waals surface area contributed by atoms with Crippen molar-refractivity contribution in [2.24, 2.45) is 5.92 Å². The summed E-state index contributed by atoms with van der Waals surface area (Å²) in [5, 5.41) is 0. The Morgan fingerprint density at radius 3 is 2.27 bits per heavy atom. The smallest absolute Gasteiger partial charge is 0.324 e. The molecule has 1 heterocycles. The van der Waals surface area contributed by atoms with Crippen LogP contribution in [0.3, 0.4) is 0 Å². The van der Waals surface area contributed by atoms with Crippen molar-refractivity contribution < 1.29 is 9.59 Å². The highest BCUT2D eigenvalue weighted by Crippen LogP contribution is 2.23. The van der Waals surface area contributed by atoms with Crippen LogP contribution in [0.15, 0.2) is 0 Å². The largest absolute Gasteiger partial charge is 0.327 e. The van der Waals surface area contributed by atoms with E-state index in [0.717, 1.165) is 0 Å². The quantitative estimate of drug-likeness (QED) is 0.664. The van der Waals surface area contributed by atoms with Crippen molar-refractivity contribution >= 4 is 11.9 Å². The predicted octanol–water partition coefficient (Wildman–Crippen LogP) is 1.71. The summed E-state index contributed by atoms with van der Waals surface area (Å²) in [5.41, 5.74) is -0.434. The zero-order valence-electron chi connectivity index (χ0n) is 10.2.